The summed E-state index contributed by atoms with van der Waals surface area (Å²) in [5.41, 5.74) is 9.97. The first kappa shape index (κ1) is 24.0. The van der Waals surface area contributed by atoms with Crippen LogP contribution in [-0.2, 0) is 11.3 Å². The first-order chi connectivity index (χ1) is 16.5. The molecule has 3 aromatic rings. The molecule has 1 atom stereocenters. The molecule has 7 nitrogen and oxygen atoms in total. The van der Waals surface area contributed by atoms with Crippen molar-refractivity contribution in [2.45, 2.75) is 38.8 Å². The van der Waals surface area contributed by atoms with E-state index in [2.05, 4.69) is 27.1 Å². The molecule has 0 aliphatic carbocycles. The first-order valence-corrected chi connectivity index (χ1v) is 12.0. The molecular formula is C26H31ClN6O. The lowest BCUT2D eigenvalue weighted by Gasteiger charge is -2.21. The van der Waals surface area contributed by atoms with Crippen molar-refractivity contribution in [2.75, 3.05) is 30.7 Å². The van der Waals surface area contributed by atoms with E-state index in [0.29, 0.717) is 29.8 Å². The Balaban J connectivity index is 1.47. The highest BCUT2D eigenvalue weighted by Gasteiger charge is 2.19. The van der Waals surface area contributed by atoms with Gasteiger partial charge in [-0.05, 0) is 68.1 Å². The Labute approximate surface area is 205 Å². The molecule has 4 rings (SSSR count). The van der Waals surface area contributed by atoms with E-state index in [1.54, 1.807) is 12.4 Å². The summed E-state index contributed by atoms with van der Waals surface area (Å²) in [5.74, 6) is 0.375. The number of anilines is 2. The van der Waals surface area contributed by atoms with Crippen LogP contribution in [0.5, 0.6) is 0 Å². The van der Waals surface area contributed by atoms with Crippen molar-refractivity contribution < 1.29 is 4.74 Å². The van der Waals surface area contributed by atoms with Crippen molar-refractivity contribution in [1.29, 1.82) is 5.41 Å². The minimum atomic E-state index is 0.145. The third-order valence-corrected chi connectivity index (χ3v) is 6.44. The molecule has 34 heavy (non-hydrogen) atoms. The Morgan fingerprint density at radius 1 is 1.18 bits per heavy atom. The summed E-state index contributed by atoms with van der Waals surface area (Å²) in [6, 6.07) is 14.2. The summed E-state index contributed by atoms with van der Waals surface area (Å²) in [4.78, 5) is 10.7. The molecule has 0 amide bonds. The minimum Gasteiger partial charge on any atom is -0.478 e. The lowest BCUT2D eigenvalue weighted by atomic mass is 10.0. The Bertz CT molecular complexity index is 1100. The number of nitrogen functional groups attached to an aromatic ring is 1. The first-order valence-electron chi connectivity index (χ1n) is 11.7. The van der Waals surface area contributed by atoms with Gasteiger partial charge in [-0.25, -0.2) is 9.97 Å². The van der Waals surface area contributed by atoms with Crippen LogP contribution in [0.3, 0.4) is 0 Å². The van der Waals surface area contributed by atoms with E-state index in [1.807, 2.05) is 42.5 Å². The Hall–Kier alpha value is -3.16. The van der Waals surface area contributed by atoms with E-state index in [9.17, 15) is 0 Å². The predicted octanol–water partition coefficient (Wildman–Crippen LogP) is 5.21. The molecule has 1 fully saturated rings. The monoisotopic (exact) mass is 478 g/mol. The molecule has 0 saturated carbocycles. The Morgan fingerprint density at radius 2 is 1.94 bits per heavy atom. The van der Waals surface area contributed by atoms with Crippen LogP contribution in [0.25, 0.3) is 11.1 Å². The summed E-state index contributed by atoms with van der Waals surface area (Å²) in [6.45, 7) is 5.55. The largest absolute Gasteiger partial charge is 0.478 e. The zero-order valence-corrected chi connectivity index (χ0v) is 20.2. The van der Waals surface area contributed by atoms with Crippen LogP contribution in [0.4, 0.5) is 11.6 Å². The van der Waals surface area contributed by atoms with Gasteiger partial charge >= 0.3 is 0 Å². The fraction of sp³-hybridized carbons (Fsp3) is 0.346. The number of hydrogen-bond donors (Lipinski definition) is 3. The second-order valence-corrected chi connectivity index (χ2v) is 9.07. The molecular weight excluding hydrogens is 448 g/mol. The summed E-state index contributed by atoms with van der Waals surface area (Å²) in [5, 5.41) is 12.8. The van der Waals surface area contributed by atoms with E-state index >= 15 is 0 Å². The topological polar surface area (TPSA) is 100 Å². The van der Waals surface area contributed by atoms with Gasteiger partial charge in [0, 0.05) is 47.8 Å². The highest BCUT2D eigenvalue weighted by Crippen LogP contribution is 2.26. The van der Waals surface area contributed by atoms with Crippen LogP contribution in [-0.4, -0.2) is 46.5 Å². The third kappa shape index (κ3) is 6.24. The van der Waals surface area contributed by atoms with Crippen molar-refractivity contribution in [2.24, 2.45) is 0 Å². The van der Waals surface area contributed by atoms with Crippen molar-refractivity contribution in [3.05, 3.63) is 71.0 Å². The smallest absolute Gasteiger partial charge is 0.219 e. The Kier molecular flexibility index (Phi) is 7.98. The molecule has 8 heteroatoms. The number of benzene rings is 2. The SMILES string of the molecule is CC1CCCN1CCCOC(=N)c1cc(-c2cnc(N)nc2)ccc1NCc1ccc(Cl)cc1. The van der Waals surface area contributed by atoms with Gasteiger partial charge in [-0.3, -0.25) is 5.41 Å². The normalized spacial score (nSPS) is 15.9. The van der Waals surface area contributed by atoms with E-state index in [-0.39, 0.29) is 11.8 Å². The third-order valence-electron chi connectivity index (χ3n) is 6.19. The summed E-state index contributed by atoms with van der Waals surface area (Å²) in [6.07, 6.45) is 6.79. The van der Waals surface area contributed by atoms with Crippen LogP contribution >= 0.6 is 11.6 Å². The number of rotatable bonds is 9. The molecule has 0 spiro atoms. The van der Waals surface area contributed by atoms with Gasteiger partial charge in [-0.15, -0.1) is 0 Å². The fourth-order valence-electron chi connectivity index (χ4n) is 4.20. The molecule has 2 aromatic carbocycles. The highest BCUT2D eigenvalue weighted by molar-refractivity contribution is 6.30. The summed E-state index contributed by atoms with van der Waals surface area (Å²) >= 11 is 6.00. The number of hydrogen-bond acceptors (Lipinski definition) is 7. The van der Waals surface area contributed by atoms with Crippen molar-refractivity contribution >= 4 is 29.1 Å². The van der Waals surface area contributed by atoms with E-state index in [1.165, 1.54) is 12.8 Å². The van der Waals surface area contributed by atoms with Crippen LogP contribution in [0.1, 0.15) is 37.3 Å². The molecule has 1 aromatic heterocycles. The fourth-order valence-corrected chi connectivity index (χ4v) is 4.32. The van der Waals surface area contributed by atoms with Gasteiger partial charge in [-0.2, -0.15) is 0 Å². The lowest BCUT2D eigenvalue weighted by Crippen LogP contribution is -2.28. The second-order valence-electron chi connectivity index (χ2n) is 8.63. The van der Waals surface area contributed by atoms with Gasteiger partial charge in [-0.1, -0.05) is 29.8 Å². The maximum absolute atomic E-state index is 8.66. The lowest BCUT2D eigenvalue weighted by molar-refractivity contribution is 0.225. The summed E-state index contributed by atoms with van der Waals surface area (Å²) < 4.78 is 5.89. The minimum absolute atomic E-state index is 0.145. The standard InChI is InChI=1S/C26H31ClN6O/c1-18-4-2-11-33(18)12-3-13-34-25(28)23-14-20(21-16-31-26(29)32-17-21)7-10-24(23)30-15-19-5-8-22(27)9-6-19/h5-10,14,16-18,28,30H,2-4,11-13,15H2,1H3,(H2,29,31,32). The van der Waals surface area contributed by atoms with Gasteiger partial charge in [0.25, 0.3) is 0 Å². The van der Waals surface area contributed by atoms with Crippen LogP contribution in [0.2, 0.25) is 5.02 Å². The number of aromatic nitrogens is 2. The number of ether oxygens (including phenoxy) is 1. The molecule has 1 unspecified atom stereocenters. The maximum atomic E-state index is 8.66. The molecule has 0 radical (unpaired) electrons. The molecule has 4 N–H and O–H groups in total. The van der Waals surface area contributed by atoms with Crippen molar-refractivity contribution in [3.8, 4) is 11.1 Å². The van der Waals surface area contributed by atoms with Crippen molar-refractivity contribution in [3.63, 3.8) is 0 Å². The van der Waals surface area contributed by atoms with E-state index in [0.717, 1.165) is 41.9 Å². The van der Waals surface area contributed by atoms with Crippen LogP contribution in [0, 0.1) is 5.41 Å². The number of nitrogens with zero attached hydrogens (tertiary/aromatic N) is 3. The number of nitrogens with two attached hydrogens (primary N) is 1. The second kappa shape index (κ2) is 11.3. The van der Waals surface area contributed by atoms with Gasteiger partial charge in [0.15, 0.2) is 0 Å². The average molecular weight is 479 g/mol. The molecule has 178 valence electrons. The quantitative estimate of drug-likeness (QED) is 0.222. The molecule has 2 heterocycles. The van der Waals surface area contributed by atoms with Gasteiger partial charge in [0.05, 0.1) is 12.2 Å². The van der Waals surface area contributed by atoms with E-state index < -0.39 is 0 Å². The van der Waals surface area contributed by atoms with E-state index in [4.69, 9.17) is 27.5 Å². The zero-order chi connectivity index (χ0) is 23.9. The van der Waals surface area contributed by atoms with Gasteiger partial charge in [0.2, 0.25) is 11.8 Å². The highest BCUT2D eigenvalue weighted by atomic mass is 35.5. The number of halogens is 1. The van der Waals surface area contributed by atoms with Gasteiger partial charge < -0.3 is 20.7 Å². The van der Waals surface area contributed by atoms with Gasteiger partial charge in [0.1, 0.15) is 0 Å². The molecule has 0 bridgehead atoms. The average Bonchev–Trinajstić information content (AvgIpc) is 3.26. The predicted molar refractivity (Wildman–Crippen MR) is 138 cm³/mol. The summed E-state index contributed by atoms with van der Waals surface area (Å²) in [7, 11) is 0. The zero-order valence-electron chi connectivity index (χ0n) is 19.4. The molecule has 1 aliphatic rings. The van der Waals surface area contributed by atoms with Crippen LogP contribution in [0.15, 0.2) is 54.9 Å². The molecule has 1 aliphatic heterocycles. The maximum Gasteiger partial charge on any atom is 0.219 e. The Morgan fingerprint density at radius 3 is 2.65 bits per heavy atom. The van der Waals surface area contributed by atoms with Crippen LogP contribution < -0.4 is 11.1 Å². The number of nitrogens with one attached hydrogen (secondary N) is 2. The number of likely N-dealkylation sites (tertiary alicyclic amines) is 1. The van der Waals surface area contributed by atoms with Crippen molar-refractivity contribution in [1.82, 2.24) is 14.9 Å². The molecule has 1 saturated heterocycles.